The van der Waals surface area contributed by atoms with Crippen LogP contribution in [0.5, 0.6) is 17.2 Å². The summed E-state index contributed by atoms with van der Waals surface area (Å²) in [6, 6.07) is 10.7. The third-order valence-corrected chi connectivity index (χ3v) is 5.46. The van der Waals surface area contributed by atoms with Crippen molar-refractivity contribution in [1.82, 2.24) is 4.90 Å². The molecule has 1 aliphatic rings. The topological polar surface area (TPSA) is 59.0 Å². The van der Waals surface area contributed by atoms with Crippen molar-refractivity contribution < 1.29 is 19.4 Å². The van der Waals surface area contributed by atoms with Gasteiger partial charge in [-0.2, -0.15) is 0 Å². The van der Waals surface area contributed by atoms with Gasteiger partial charge in [0.15, 0.2) is 11.5 Å². The lowest BCUT2D eigenvalue weighted by Crippen LogP contribution is -2.37. The van der Waals surface area contributed by atoms with Crippen LogP contribution < -0.4 is 9.47 Å². The summed E-state index contributed by atoms with van der Waals surface area (Å²) >= 11 is 6.40. The number of benzene rings is 2. The molecule has 1 fully saturated rings. The van der Waals surface area contributed by atoms with E-state index in [2.05, 4.69) is 13.8 Å². The molecule has 0 radical (unpaired) electrons. The lowest BCUT2D eigenvalue weighted by Gasteiger charge is -2.32. The SMILES string of the molecule is COc1cc(C(=O)N2CCC(c3ccc(O)cc3)CC2)cc(Cl)c1OCC(C)C. The van der Waals surface area contributed by atoms with Crippen molar-refractivity contribution in [1.29, 1.82) is 0 Å². The molecule has 6 heteroatoms. The van der Waals surface area contributed by atoms with E-state index in [0.717, 1.165) is 12.8 Å². The summed E-state index contributed by atoms with van der Waals surface area (Å²) < 4.78 is 11.2. The van der Waals surface area contributed by atoms with E-state index >= 15 is 0 Å². The van der Waals surface area contributed by atoms with E-state index in [9.17, 15) is 9.90 Å². The maximum atomic E-state index is 13.0. The summed E-state index contributed by atoms with van der Waals surface area (Å²) in [6.45, 7) is 5.99. The summed E-state index contributed by atoms with van der Waals surface area (Å²) in [5.41, 5.74) is 1.71. The number of likely N-dealkylation sites (tertiary alicyclic amines) is 1. The Morgan fingerprint density at radius 2 is 1.86 bits per heavy atom. The Labute approximate surface area is 177 Å². The van der Waals surface area contributed by atoms with E-state index in [-0.39, 0.29) is 11.7 Å². The molecular weight excluding hydrogens is 390 g/mol. The number of ether oxygens (including phenoxy) is 2. The third-order valence-electron chi connectivity index (χ3n) is 5.18. The maximum Gasteiger partial charge on any atom is 0.254 e. The second-order valence-corrected chi connectivity index (χ2v) is 8.26. The van der Waals surface area contributed by atoms with Crippen molar-refractivity contribution >= 4 is 17.5 Å². The van der Waals surface area contributed by atoms with Crippen LogP contribution >= 0.6 is 11.6 Å². The number of phenolic OH excluding ortho intramolecular Hbond substituents is 1. The van der Waals surface area contributed by atoms with Crippen molar-refractivity contribution in [3.8, 4) is 17.2 Å². The molecule has 1 aliphatic heterocycles. The van der Waals surface area contributed by atoms with Gasteiger partial charge in [-0.25, -0.2) is 0 Å². The number of carbonyl (C=O) groups is 1. The Kier molecular flexibility index (Phi) is 6.91. The molecule has 3 rings (SSSR count). The van der Waals surface area contributed by atoms with Crippen LogP contribution in [-0.4, -0.2) is 42.7 Å². The van der Waals surface area contributed by atoms with Gasteiger partial charge in [0.05, 0.1) is 18.7 Å². The van der Waals surface area contributed by atoms with Crippen LogP contribution in [0, 0.1) is 5.92 Å². The highest BCUT2D eigenvalue weighted by molar-refractivity contribution is 6.32. The largest absolute Gasteiger partial charge is 0.508 e. The lowest BCUT2D eigenvalue weighted by molar-refractivity contribution is 0.0712. The highest BCUT2D eigenvalue weighted by atomic mass is 35.5. The number of amides is 1. The average molecular weight is 418 g/mol. The Balaban J connectivity index is 1.69. The third kappa shape index (κ3) is 5.15. The van der Waals surface area contributed by atoms with E-state index in [4.69, 9.17) is 21.1 Å². The van der Waals surface area contributed by atoms with Gasteiger partial charge in [-0.05, 0) is 54.5 Å². The van der Waals surface area contributed by atoms with E-state index in [1.54, 1.807) is 31.4 Å². The fourth-order valence-corrected chi connectivity index (χ4v) is 3.84. The number of piperidine rings is 1. The van der Waals surface area contributed by atoms with Crippen LogP contribution in [0.3, 0.4) is 0 Å². The summed E-state index contributed by atoms with van der Waals surface area (Å²) in [5, 5.41) is 9.84. The molecule has 0 spiro atoms. The molecule has 2 aromatic carbocycles. The van der Waals surface area contributed by atoms with Gasteiger partial charge in [0.2, 0.25) is 0 Å². The van der Waals surface area contributed by atoms with Gasteiger partial charge in [-0.1, -0.05) is 37.6 Å². The molecule has 0 aliphatic carbocycles. The zero-order valence-corrected chi connectivity index (χ0v) is 17.9. The number of nitrogens with zero attached hydrogens (tertiary/aromatic N) is 1. The lowest BCUT2D eigenvalue weighted by atomic mass is 9.89. The van der Waals surface area contributed by atoms with Gasteiger partial charge < -0.3 is 19.5 Å². The molecule has 1 amide bonds. The average Bonchev–Trinajstić information content (AvgIpc) is 2.72. The quantitative estimate of drug-likeness (QED) is 0.709. The Hall–Kier alpha value is -2.40. The predicted octanol–water partition coefficient (Wildman–Crippen LogP) is 5.11. The number of hydrogen-bond donors (Lipinski definition) is 1. The molecule has 2 aromatic rings. The van der Waals surface area contributed by atoms with Crippen LogP contribution in [0.2, 0.25) is 5.02 Å². The monoisotopic (exact) mass is 417 g/mol. The van der Waals surface area contributed by atoms with Crippen molar-refractivity contribution in [2.24, 2.45) is 5.92 Å². The maximum absolute atomic E-state index is 13.0. The van der Waals surface area contributed by atoms with Crippen LogP contribution in [0.25, 0.3) is 0 Å². The van der Waals surface area contributed by atoms with Gasteiger partial charge >= 0.3 is 0 Å². The van der Waals surface area contributed by atoms with Crippen molar-refractivity contribution in [2.75, 3.05) is 26.8 Å². The van der Waals surface area contributed by atoms with Crippen LogP contribution in [-0.2, 0) is 0 Å². The Bertz CT molecular complexity index is 843. The minimum Gasteiger partial charge on any atom is -0.508 e. The van der Waals surface area contributed by atoms with Gasteiger partial charge in [0, 0.05) is 18.7 Å². The Morgan fingerprint density at radius 3 is 2.45 bits per heavy atom. The molecule has 156 valence electrons. The predicted molar refractivity (Wildman–Crippen MR) is 114 cm³/mol. The minimum absolute atomic E-state index is 0.0511. The molecule has 29 heavy (non-hydrogen) atoms. The molecule has 0 saturated carbocycles. The highest BCUT2D eigenvalue weighted by Gasteiger charge is 2.26. The molecule has 1 heterocycles. The molecule has 0 aromatic heterocycles. The van der Waals surface area contributed by atoms with Crippen molar-refractivity contribution in [3.63, 3.8) is 0 Å². The molecule has 0 unspecified atom stereocenters. The fraction of sp³-hybridized carbons (Fsp3) is 0.435. The zero-order chi connectivity index (χ0) is 21.0. The van der Waals surface area contributed by atoms with E-state index in [1.165, 1.54) is 5.56 Å². The second kappa shape index (κ2) is 9.40. The molecule has 1 saturated heterocycles. The van der Waals surface area contributed by atoms with Crippen molar-refractivity contribution in [2.45, 2.75) is 32.6 Å². The number of methoxy groups -OCH3 is 1. The van der Waals surface area contributed by atoms with Gasteiger partial charge in [-0.3, -0.25) is 4.79 Å². The van der Waals surface area contributed by atoms with E-state index in [0.29, 0.717) is 53.6 Å². The standard InChI is InChI=1S/C23H28ClNO4/c1-15(2)14-29-22-20(24)12-18(13-21(22)28-3)23(27)25-10-8-17(9-11-25)16-4-6-19(26)7-5-16/h4-7,12-13,15,17,26H,8-11,14H2,1-3H3. The van der Waals surface area contributed by atoms with Crippen LogP contribution in [0.15, 0.2) is 36.4 Å². The first kappa shape index (κ1) is 21.3. The van der Waals surface area contributed by atoms with E-state index < -0.39 is 0 Å². The zero-order valence-electron chi connectivity index (χ0n) is 17.2. The second-order valence-electron chi connectivity index (χ2n) is 7.85. The minimum atomic E-state index is -0.0511. The van der Waals surface area contributed by atoms with E-state index in [1.807, 2.05) is 17.0 Å². The molecule has 0 bridgehead atoms. The van der Waals surface area contributed by atoms with Crippen LogP contribution in [0.1, 0.15) is 48.5 Å². The number of phenols is 1. The first-order valence-corrected chi connectivity index (χ1v) is 10.4. The summed E-state index contributed by atoms with van der Waals surface area (Å²) in [7, 11) is 1.55. The normalized spacial score (nSPS) is 14.9. The smallest absolute Gasteiger partial charge is 0.254 e. The fourth-order valence-electron chi connectivity index (χ4n) is 3.58. The Morgan fingerprint density at radius 1 is 1.21 bits per heavy atom. The molecular formula is C23H28ClNO4. The van der Waals surface area contributed by atoms with Gasteiger partial charge in [-0.15, -0.1) is 0 Å². The summed E-state index contributed by atoms with van der Waals surface area (Å²) in [5.74, 6) is 1.92. The molecule has 5 nitrogen and oxygen atoms in total. The first-order valence-electron chi connectivity index (χ1n) is 9.97. The molecule has 0 atom stereocenters. The number of rotatable bonds is 6. The van der Waals surface area contributed by atoms with Crippen molar-refractivity contribution in [3.05, 3.63) is 52.5 Å². The summed E-state index contributed by atoms with van der Waals surface area (Å²) in [6.07, 6.45) is 1.77. The number of carbonyl (C=O) groups excluding carboxylic acids is 1. The highest BCUT2D eigenvalue weighted by Crippen LogP contribution is 2.37. The van der Waals surface area contributed by atoms with Gasteiger partial charge in [0.25, 0.3) is 5.91 Å². The first-order chi connectivity index (χ1) is 13.9. The van der Waals surface area contributed by atoms with Gasteiger partial charge in [0.1, 0.15) is 5.75 Å². The number of hydrogen-bond acceptors (Lipinski definition) is 4. The number of aromatic hydroxyl groups is 1. The molecule has 1 N–H and O–H groups in total. The van der Waals surface area contributed by atoms with Crippen LogP contribution in [0.4, 0.5) is 0 Å². The number of halogens is 1. The summed E-state index contributed by atoms with van der Waals surface area (Å²) in [4.78, 5) is 14.9.